The van der Waals surface area contributed by atoms with E-state index in [1.54, 1.807) is 0 Å². The summed E-state index contributed by atoms with van der Waals surface area (Å²) in [6.07, 6.45) is 1.24. The lowest BCUT2D eigenvalue weighted by Gasteiger charge is -2.24. The molecule has 2 aromatic carbocycles. The van der Waals surface area contributed by atoms with Crippen LogP contribution in [0.5, 0.6) is 11.5 Å². The minimum Gasteiger partial charge on any atom is -0.457 e. The zero-order valence-corrected chi connectivity index (χ0v) is 20.2. The van der Waals surface area contributed by atoms with Gasteiger partial charge in [-0.05, 0) is 85.5 Å². The van der Waals surface area contributed by atoms with E-state index in [1.165, 1.54) is 0 Å². The zero-order valence-electron chi connectivity index (χ0n) is 20.2. The van der Waals surface area contributed by atoms with Gasteiger partial charge in [0.2, 0.25) is 0 Å². The molecular weight excluding hydrogens is 400 g/mol. The van der Waals surface area contributed by atoms with Crippen molar-refractivity contribution in [1.82, 2.24) is 9.80 Å². The smallest absolute Gasteiger partial charge is 0.130 e. The molecule has 0 fully saturated rings. The van der Waals surface area contributed by atoms with Gasteiger partial charge in [0.05, 0.1) is 12.2 Å². The van der Waals surface area contributed by atoms with Crippen LogP contribution in [-0.2, 0) is 6.42 Å². The molecule has 2 aromatic rings. The van der Waals surface area contributed by atoms with Gasteiger partial charge < -0.3 is 24.7 Å². The molecule has 5 nitrogen and oxygen atoms in total. The van der Waals surface area contributed by atoms with Crippen LogP contribution in [-0.4, -0.2) is 59.3 Å². The van der Waals surface area contributed by atoms with E-state index >= 15 is 0 Å². The molecule has 1 aliphatic rings. The summed E-state index contributed by atoms with van der Waals surface area (Å²) in [5, 5.41) is 21.4. The van der Waals surface area contributed by atoms with Crippen LogP contribution in [0.3, 0.4) is 0 Å². The predicted molar refractivity (Wildman–Crippen MR) is 130 cm³/mol. The number of ether oxygens (including phenoxy) is 1. The van der Waals surface area contributed by atoms with Crippen molar-refractivity contribution in [3.63, 3.8) is 0 Å². The lowest BCUT2D eigenvalue weighted by Crippen LogP contribution is -2.25. The number of benzene rings is 2. The summed E-state index contributed by atoms with van der Waals surface area (Å²) in [6.45, 7) is 14.4. The van der Waals surface area contributed by atoms with Crippen LogP contribution in [0.4, 0.5) is 0 Å². The van der Waals surface area contributed by atoms with E-state index in [0.717, 1.165) is 92.3 Å². The Labute approximate surface area is 193 Å². The highest BCUT2D eigenvalue weighted by molar-refractivity contribution is 5.52. The number of hydrogen-bond donors (Lipinski definition) is 2. The Morgan fingerprint density at radius 2 is 1.12 bits per heavy atom. The first kappa shape index (κ1) is 24.7. The fraction of sp³-hybridized carbons (Fsp3) is 0.556. The van der Waals surface area contributed by atoms with Gasteiger partial charge >= 0.3 is 0 Å². The Hall–Kier alpha value is -1.92. The van der Waals surface area contributed by atoms with E-state index in [1.807, 2.05) is 24.3 Å². The molecular formula is C27H40N2O3. The third-order valence-corrected chi connectivity index (χ3v) is 6.77. The van der Waals surface area contributed by atoms with Crippen LogP contribution in [0, 0.1) is 0 Å². The second-order valence-corrected chi connectivity index (χ2v) is 8.68. The molecule has 176 valence electrons. The minimum absolute atomic E-state index is 0.476. The molecule has 2 atom stereocenters. The van der Waals surface area contributed by atoms with E-state index in [2.05, 4.69) is 49.6 Å². The van der Waals surface area contributed by atoms with Crippen molar-refractivity contribution in [1.29, 1.82) is 0 Å². The van der Waals surface area contributed by atoms with E-state index in [0.29, 0.717) is 0 Å². The summed E-state index contributed by atoms with van der Waals surface area (Å²) in [7, 11) is 0. The summed E-state index contributed by atoms with van der Waals surface area (Å²) < 4.78 is 6.13. The number of aliphatic hydroxyl groups is 2. The van der Waals surface area contributed by atoms with Crippen molar-refractivity contribution in [3.05, 3.63) is 58.7 Å². The zero-order chi connectivity index (χ0) is 23.1. The highest BCUT2D eigenvalue weighted by Crippen LogP contribution is 2.39. The highest BCUT2D eigenvalue weighted by atomic mass is 16.5. The molecule has 0 bridgehead atoms. The Morgan fingerprint density at radius 3 is 1.50 bits per heavy atom. The molecule has 0 saturated heterocycles. The number of aliphatic hydroxyl groups excluding tert-OH is 2. The molecule has 1 aliphatic heterocycles. The average Bonchev–Trinajstić information content (AvgIpc) is 2.82. The molecule has 3 rings (SSSR count). The molecule has 5 heteroatoms. The van der Waals surface area contributed by atoms with Crippen LogP contribution in [0.15, 0.2) is 36.4 Å². The molecule has 1 heterocycles. The molecule has 0 radical (unpaired) electrons. The van der Waals surface area contributed by atoms with Crippen LogP contribution in [0.1, 0.15) is 75.0 Å². The maximum atomic E-state index is 10.7. The van der Waals surface area contributed by atoms with Crippen molar-refractivity contribution in [2.75, 3.05) is 39.3 Å². The lowest BCUT2D eigenvalue weighted by atomic mass is 9.94. The first-order valence-corrected chi connectivity index (χ1v) is 12.2. The van der Waals surface area contributed by atoms with E-state index in [-0.39, 0.29) is 0 Å². The van der Waals surface area contributed by atoms with Gasteiger partial charge in [-0.1, -0.05) is 39.8 Å². The first-order chi connectivity index (χ1) is 15.5. The van der Waals surface area contributed by atoms with Crippen molar-refractivity contribution >= 4 is 0 Å². The highest BCUT2D eigenvalue weighted by Gasteiger charge is 2.21. The van der Waals surface area contributed by atoms with Gasteiger partial charge in [-0.3, -0.25) is 0 Å². The second kappa shape index (κ2) is 11.8. The summed E-state index contributed by atoms with van der Waals surface area (Å²) in [5.74, 6) is 1.71. The van der Waals surface area contributed by atoms with Crippen molar-refractivity contribution in [3.8, 4) is 11.5 Å². The normalized spacial score (nSPS) is 14.8. The number of nitrogens with zero attached hydrogens (tertiary/aromatic N) is 2. The van der Waals surface area contributed by atoms with Crippen molar-refractivity contribution in [2.45, 2.75) is 59.2 Å². The second-order valence-electron chi connectivity index (χ2n) is 8.68. The van der Waals surface area contributed by atoms with Crippen LogP contribution in [0.2, 0.25) is 0 Å². The first-order valence-electron chi connectivity index (χ1n) is 12.2. The molecule has 0 amide bonds. The third kappa shape index (κ3) is 6.10. The Kier molecular flexibility index (Phi) is 9.11. The molecule has 2 unspecified atom stereocenters. The van der Waals surface area contributed by atoms with Gasteiger partial charge in [0.1, 0.15) is 11.5 Å². The third-order valence-electron chi connectivity index (χ3n) is 6.77. The molecule has 2 N–H and O–H groups in total. The fourth-order valence-corrected chi connectivity index (χ4v) is 4.44. The van der Waals surface area contributed by atoms with Crippen LogP contribution < -0.4 is 4.74 Å². The topological polar surface area (TPSA) is 56.2 Å². The molecule has 0 saturated carbocycles. The van der Waals surface area contributed by atoms with Crippen LogP contribution >= 0.6 is 0 Å². The summed E-state index contributed by atoms with van der Waals surface area (Å²) in [6, 6.07) is 12.1. The largest absolute Gasteiger partial charge is 0.457 e. The predicted octanol–water partition coefficient (Wildman–Crippen LogP) is 4.91. The van der Waals surface area contributed by atoms with E-state index in [4.69, 9.17) is 4.74 Å². The maximum absolute atomic E-state index is 10.7. The molecule has 0 aliphatic carbocycles. The number of fused-ring (bicyclic) bond motifs is 2. The number of hydrogen-bond acceptors (Lipinski definition) is 5. The van der Waals surface area contributed by atoms with E-state index in [9.17, 15) is 10.2 Å². The fourth-order valence-electron chi connectivity index (χ4n) is 4.44. The summed E-state index contributed by atoms with van der Waals surface area (Å²) >= 11 is 0. The molecule has 0 spiro atoms. The maximum Gasteiger partial charge on any atom is 0.130 e. The van der Waals surface area contributed by atoms with Gasteiger partial charge in [-0.2, -0.15) is 0 Å². The van der Waals surface area contributed by atoms with Crippen LogP contribution in [0.25, 0.3) is 0 Å². The van der Waals surface area contributed by atoms with Gasteiger partial charge in [-0.25, -0.2) is 0 Å². The summed E-state index contributed by atoms with van der Waals surface area (Å²) in [4.78, 5) is 4.65. The van der Waals surface area contributed by atoms with Crippen molar-refractivity contribution in [2.24, 2.45) is 0 Å². The molecule has 0 aromatic heterocycles. The average molecular weight is 441 g/mol. The standard InChI is InChI=1S/C27H40N2O3/c1-5-28(6-2)15-13-24(30)20-9-11-26-22(17-20)19-23-18-21(10-12-27(23)32-26)25(31)14-16-29(7-3)8-4/h9-12,17-18,24-25,30-31H,5-8,13-16,19H2,1-4H3. The quantitative estimate of drug-likeness (QED) is 0.419. The lowest BCUT2D eigenvalue weighted by molar-refractivity contribution is 0.145. The monoisotopic (exact) mass is 440 g/mol. The Balaban J connectivity index is 1.68. The van der Waals surface area contributed by atoms with Gasteiger partial charge in [-0.15, -0.1) is 0 Å². The SMILES string of the molecule is CCN(CC)CCC(O)c1ccc2c(c1)Cc1cc(C(O)CCN(CC)CC)ccc1O2. The van der Waals surface area contributed by atoms with E-state index < -0.39 is 12.2 Å². The molecule has 32 heavy (non-hydrogen) atoms. The Morgan fingerprint density at radius 1 is 0.719 bits per heavy atom. The van der Waals surface area contributed by atoms with Gasteiger partial charge in [0.15, 0.2) is 0 Å². The summed E-state index contributed by atoms with van der Waals surface area (Å²) in [5.41, 5.74) is 4.06. The Bertz CT molecular complexity index is 792. The number of rotatable bonds is 12. The van der Waals surface area contributed by atoms with Gasteiger partial charge in [0.25, 0.3) is 0 Å². The van der Waals surface area contributed by atoms with Crippen molar-refractivity contribution < 1.29 is 14.9 Å². The van der Waals surface area contributed by atoms with Gasteiger partial charge in [0, 0.05) is 19.5 Å². The minimum atomic E-state index is -0.476.